The Morgan fingerprint density at radius 2 is 2.08 bits per heavy atom. The van der Waals surface area contributed by atoms with E-state index in [0.717, 1.165) is 5.92 Å². The first-order valence-electron chi connectivity index (χ1n) is 5.14. The third kappa shape index (κ3) is 1.27. The standard InChI is InChI=1S/C10H20N2/c1-12(2)10(5-6-10)9-4-3-7-11-8-9/h9,11H,3-8H2,1-2H3. The molecule has 1 aliphatic heterocycles. The SMILES string of the molecule is CN(C)C1(C2CCCNC2)CC1. The molecule has 1 atom stereocenters. The smallest absolute Gasteiger partial charge is 0.0245 e. The van der Waals surface area contributed by atoms with Gasteiger partial charge in [0, 0.05) is 5.54 Å². The van der Waals surface area contributed by atoms with Crippen LogP contribution in [0.15, 0.2) is 0 Å². The number of rotatable bonds is 2. The van der Waals surface area contributed by atoms with E-state index in [0.29, 0.717) is 5.54 Å². The first-order chi connectivity index (χ1) is 5.76. The third-order valence-corrected chi connectivity index (χ3v) is 3.71. The quantitative estimate of drug-likeness (QED) is 0.664. The maximum atomic E-state index is 3.51. The molecule has 1 saturated carbocycles. The van der Waals surface area contributed by atoms with Crippen LogP contribution in [0.2, 0.25) is 0 Å². The lowest BCUT2D eigenvalue weighted by Gasteiger charge is -2.35. The van der Waals surface area contributed by atoms with Gasteiger partial charge in [-0.2, -0.15) is 0 Å². The van der Waals surface area contributed by atoms with E-state index in [1.165, 1.54) is 38.8 Å². The summed E-state index contributed by atoms with van der Waals surface area (Å²) in [6.07, 6.45) is 5.66. The van der Waals surface area contributed by atoms with Gasteiger partial charge in [0.05, 0.1) is 0 Å². The van der Waals surface area contributed by atoms with Crippen LogP contribution in [0.4, 0.5) is 0 Å². The van der Waals surface area contributed by atoms with Gasteiger partial charge in [-0.1, -0.05) is 0 Å². The van der Waals surface area contributed by atoms with Crippen molar-refractivity contribution in [3.8, 4) is 0 Å². The van der Waals surface area contributed by atoms with Crippen molar-refractivity contribution < 1.29 is 0 Å². The largest absolute Gasteiger partial charge is 0.316 e. The van der Waals surface area contributed by atoms with E-state index < -0.39 is 0 Å². The topological polar surface area (TPSA) is 15.3 Å². The highest BCUT2D eigenvalue weighted by Crippen LogP contribution is 2.48. The van der Waals surface area contributed by atoms with Gasteiger partial charge in [0.2, 0.25) is 0 Å². The molecule has 1 unspecified atom stereocenters. The molecule has 0 bridgehead atoms. The van der Waals surface area contributed by atoms with E-state index in [4.69, 9.17) is 0 Å². The van der Waals surface area contributed by atoms with Crippen LogP contribution < -0.4 is 5.32 Å². The van der Waals surface area contributed by atoms with Crippen molar-refractivity contribution in [3.63, 3.8) is 0 Å². The third-order valence-electron chi connectivity index (χ3n) is 3.71. The molecule has 12 heavy (non-hydrogen) atoms. The van der Waals surface area contributed by atoms with Crippen molar-refractivity contribution in [1.29, 1.82) is 0 Å². The van der Waals surface area contributed by atoms with Gasteiger partial charge in [0.15, 0.2) is 0 Å². The molecule has 2 rings (SSSR count). The van der Waals surface area contributed by atoms with E-state index in [1.807, 2.05) is 0 Å². The number of nitrogens with zero attached hydrogens (tertiary/aromatic N) is 1. The average molecular weight is 168 g/mol. The van der Waals surface area contributed by atoms with Crippen LogP contribution in [-0.2, 0) is 0 Å². The second kappa shape index (κ2) is 3.00. The first-order valence-corrected chi connectivity index (χ1v) is 5.14. The molecule has 1 N–H and O–H groups in total. The van der Waals surface area contributed by atoms with Crippen LogP contribution in [-0.4, -0.2) is 37.6 Å². The maximum Gasteiger partial charge on any atom is 0.0245 e. The summed E-state index contributed by atoms with van der Waals surface area (Å²) in [5, 5.41) is 3.51. The van der Waals surface area contributed by atoms with Gasteiger partial charge in [-0.25, -0.2) is 0 Å². The highest BCUT2D eigenvalue weighted by atomic mass is 15.2. The van der Waals surface area contributed by atoms with Crippen LogP contribution in [0.1, 0.15) is 25.7 Å². The molecule has 0 aromatic carbocycles. The van der Waals surface area contributed by atoms with Crippen LogP contribution in [0.25, 0.3) is 0 Å². The molecule has 2 nitrogen and oxygen atoms in total. The molecule has 2 heteroatoms. The van der Waals surface area contributed by atoms with Gasteiger partial charge in [-0.15, -0.1) is 0 Å². The Balaban J connectivity index is 1.97. The number of hydrogen-bond acceptors (Lipinski definition) is 2. The van der Waals surface area contributed by atoms with Crippen LogP contribution in [0.3, 0.4) is 0 Å². The molecule has 2 fully saturated rings. The number of nitrogens with one attached hydrogen (secondary N) is 1. The Morgan fingerprint density at radius 3 is 2.50 bits per heavy atom. The highest BCUT2D eigenvalue weighted by Gasteiger charge is 2.50. The van der Waals surface area contributed by atoms with Crippen molar-refractivity contribution in [1.82, 2.24) is 10.2 Å². The summed E-state index contributed by atoms with van der Waals surface area (Å²) >= 11 is 0. The summed E-state index contributed by atoms with van der Waals surface area (Å²) in [6.45, 7) is 2.48. The highest BCUT2D eigenvalue weighted by molar-refractivity contribution is 5.07. The van der Waals surface area contributed by atoms with E-state index >= 15 is 0 Å². The molecule has 0 radical (unpaired) electrons. The molecule has 1 heterocycles. The average Bonchev–Trinajstić information content (AvgIpc) is 2.86. The van der Waals surface area contributed by atoms with E-state index in [-0.39, 0.29) is 0 Å². The second-order valence-corrected chi connectivity index (χ2v) is 4.54. The predicted octanol–water partition coefficient (Wildman–Crippen LogP) is 1.08. The van der Waals surface area contributed by atoms with Crippen LogP contribution in [0, 0.1) is 5.92 Å². The molecule has 70 valence electrons. The van der Waals surface area contributed by atoms with Crippen LogP contribution >= 0.6 is 0 Å². The summed E-state index contributed by atoms with van der Waals surface area (Å²) in [5.41, 5.74) is 0.591. The lowest BCUT2D eigenvalue weighted by atomic mass is 9.89. The van der Waals surface area contributed by atoms with Crippen molar-refractivity contribution >= 4 is 0 Å². The summed E-state index contributed by atoms with van der Waals surface area (Å²) < 4.78 is 0. The van der Waals surface area contributed by atoms with Crippen molar-refractivity contribution in [2.45, 2.75) is 31.2 Å². The first kappa shape index (κ1) is 8.52. The summed E-state index contributed by atoms with van der Waals surface area (Å²) in [4.78, 5) is 2.45. The normalized spacial score (nSPS) is 33.8. The lowest BCUT2D eigenvalue weighted by molar-refractivity contribution is 0.158. The van der Waals surface area contributed by atoms with Crippen LogP contribution in [0.5, 0.6) is 0 Å². The number of piperidine rings is 1. The summed E-state index contributed by atoms with van der Waals surface area (Å²) in [6, 6.07) is 0. The van der Waals surface area contributed by atoms with Crippen molar-refractivity contribution in [2.75, 3.05) is 27.2 Å². The maximum absolute atomic E-state index is 3.51. The molecular weight excluding hydrogens is 148 g/mol. The van der Waals surface area contributed by atoms with Gasteiger partial charge in [-0.05, 0) is 58.8 Å². The minimum Gasteiger partial charge on any atom is -0.316 e. The van der Waals surface area contributed by atoms with Gasteiger partial charge in [-0.3, -0.25) is 0 Å². The van der Waals surface area contributed by atoms with Gasteiger partial charge in [0.25, 0.3) is 0 Å². The fourth-order valence-corrected chi connectivity index (χ4v) is 2.66. The predicted molar refractivity (Wildman–Crippen MR) is 51.2 cm³/mol. The molecule has 1 aliphatic carbocycles. The molecule has 0 aromatic rings. The van der Waals surface area contributed by atoms with E-state index in [2.05, 4.69) is 24.3 Å². The minimum absolute atomic E-state index is 0.591. The summed E-state index contributed by atoms with van der Waals surface area (Å²) in [7, 11) is 4.48. The monoisotopic (exact) mass is 168 g/mol. The Bertz CT molecular complexity index is 155. The zero-order chi connectivity index (χ0) is 8.60. The molecule has 0 spiro atoms. The van der Waals surface area contributed by atoms with Gasteiger partial charge in [0.1, 0.15) is 0 Å². The van der Waals surface area contributed by atoms with Gasteiger partial charge >= 0.3 is 0 Å². The minimum atomic E-state index is 0.591. The van der Waals surface area contributed by atoms with Crippen molar-refractivity contribution in [3.05, 3.63) is 0 Å². The lowest BCUT2D eigenvalue weighted by Crippen LogP contribution is -2.45. The summed E-state index contributed by atoms with van der Waals surface area (Å²) in [5.74, 6) is 0.918. The Morgan fingerprint density at radius 1 is 1.33 bits per heavy atom. The molecule has 1 saturated heterocycles. The number of hydrogen-bond donors (Lipinski definition) is 1. The zero-order valence-corrected chi connectivity index (χ0v) is 8.27. The zero-order valence-electron chi connectivity index (χ0n) is 8.27. The van der Waals surface area contributed by atoms with Crippen molar-refractivity contribution in [2.24, 2.45) is 5.92 Å². The molecule has 0 aromatic heterocycles. The molecular formula is C10H20N2. The Labute approximate surface area is 75.3 Å². The van der Waals surface area contributed by atoms with E-state index in [1.54, 1.807) is 0 Å². The second-order valence-electron chi connectivity index (χ2n) is 4.54. The van der Waals surface area contributed by atoms with E-state index in [9.17, 15) is 0 Å². The Kier molecular flexibility index (Phi) is 2.13. The Hall–Kier alpha value is -0.0800. The molecule has 2 aliphatic rings. The fraction of sp³-hybridized carbons (Fsp3) is 1.00. The van der Waals surface area contributed by atoms with Gasteiger partial charge < -0.3 is 10.2 Å². The molecule has 0 amide bonds. The fourth-order valence-electron chi connectivity index (χ4n) is 2.66.